The van der Waals surface area contributed by atoms with Gasteiger partial charge in [0.1, 0.15) is 0 Å². The average molecular weight is 414 g/mol. The highest BCUT2D eigenvalue weighted by Gasteiger charge is 2.52. The highest BCUT2D eigenvalue weighted by molar-refractivity contribution is 6.30. The zero-order chi connectivity index (χ0) is 20.9. The molecule has 2 aromatic carbocycles. The Bertz CT molecular complexity index is 886. The zero-order valence-corrected chi connectivity index (χ0v) is 17.1. The first kappa shape index (κ1) is 21.1. The summed E-state index contributed by atoms with van der Waals surface area (Å²) in [5, 5.41) is 3.37. The van der Waals surface area contributed by atoms with Crippen LogP contribution < -0.4 is 5.32 Å². The molecule has 152 valence electrons. The summed E-state index contributed by atoms with van der Waals surface area (Å²) in [4.78, 5) is 35.8. The molecule has 5 nitrogen and oxygen atoms in total. The minimum absolute atomic E-state index is 0.0375. The summed E-state index contributed by atoms with van der Waals surface area (Å²) < 4.78 is 5.34. The van der Waals surface area contributed by atoms with E-state index in [1.165, 1.54) is 6.92 Å². The Morgan fingerprint density at radius 2 is 1.69 bits per heavy atom. The van der Waals surface area contributed by atoms with Crippen LogP contribution in [0.2, 0.25) is 5.02 Å². The predicted octanol–water partition coefficient (Wildman–Crippen LogP) is 3.87. The van der Waals surface area contributed by atoms with Gasteiger partial charge >= 0.3 is 5.97 Å². The molecule has 0 heterocycles. The first-order chi connectivity index (χ1) is 13.9. The summed E-state index contributed by atoms with van der Waals surface area (Å²) in [7, 11) is 0. The van der Waals surface area contributed by atoms with E-state index in [9.17, 15) is 14.4 Å². The van der Waals surface area contributed by atoms with Gasteiger partial charge in [0.15, 0.2) is 12.4 Å². The monoisotopic (exact) mass is 413 g/mol. The van der Waals surface area contributed by atoms with Gasteiger partial charge in [-0.3, -0.25) is 14.4 Å². The van der Waals surface area contributed by atoms with Gasteiger partial charge in [0.2, 0.25) is 5.91 Å². The van der Waals surface area contributed by atoms with E-state index >= 15 is 0 Å². The molecule has 0 spiro atoms. The first-order valence-electron chi connectivity index (χ1n) is 9.70. The number of carbonyl (C=O) groups is 3. The largest absolute Gasteiger partial charge is 0.457 e. The Balaban J connectivity index is 1.49. The molecule has 1 aliphatic rings. The summed E-state index contributed by atoms with van der Waals surface area (Å²) in [6, 6.07) is 14.5. The van der Waals surface area contributed by atoms with Crippen LogP contribution in [0, 0.1) is 0 Å². The lowest BCUT2D eigenvalue weighted by atomic mass is 9.96. The third kappa shape index (κ3) is 5.45. The number of ketones is 1. The zero-order valence-electron chi connectivity index (χ0n) is 16.4. The minimum atomic E-state index is -0.636. The topological polar surface area (TPSA) is 72.5 Å². The van der Waals surface area contributed by atoms with Gasteiger partial charge in [0, 0.05) is 24.1 Å². The van der Waals surface area contributed by atoms with Crippen LogP contribution in [0.4, 0.5) is 0 Å². The van der Waals surface area contributed by atoms with Crippen LogP contribution in [0.25, 0.3) is 0 Å². The smallest absolute Gasteiger partial charge is 0.317 e. The number of ether oxygens (including phenoxy) is 1. The molecule has 0 aliphatic heterocycles. The second kappa shape index (κ2) is 9.23. The Morgan fingerprint density at radius 3 is 2.28 bits per heavy atom. The van der Waals surface area contributed by atoms with Crippen molar-refractivity contribution in [3.8, 4) is 0 Å². The molecule has 2 aromatic rings. The number of esters is 1. The molecule has 1 aliphatic carbocycles. The van der Waals surface area contributed by atoms with Gasteiger partial charge < -0.3 is 10.1 Å². The molecule has 1 amide bonds. The van der Waals surface area contributed by atoms with Crippen molar-refractivity contribution < 1.29 is 19.1 Å². The second-order valence-corrected chi connectivity index (χ2v) is 7.81. The number of halogens is 1. The maximum Gasteiger partial charge on any atom is 0.317 e. The van der Waals surface area contributed by atoms with Gasteiger partial charge in [-0.15, -0.1) is 0 Å². The average Bonchev–Trinajstić information content (AvgIpc) is 3.52. The Kier molecular flexibility index (Phi) is 6.70. The number of rotatable bonds is 9. The standard InChI is InChI=1S/C23H24ClNO4/c1-16(26)25-14-2-3-17-4-6-18(7-5-17)21(27)15-29-22(28)23(12-13-23)19-8-10-20(24)11-9-19/h4-11H,2-3,12-15H2,1H3,(H,25,26). The van der Waals surface area contributed by atoms with Gasteiger partial charge in [-0.1, -0.05) is 48.0 Å². The highest BCUT2D eigenvalue weighted by atomic mass is 35.5. The van der Waals surface area contributed by atoms with Gasteiger partial charge in [-0.2, -0.15) is 0 Å². The molecule has 0 saturated heterocycles. The van der Waals surface area contributed by atoms with E-state index < -0.39 is 5.41 Å². The van der Waals surface area contributed by atoms with Crippen LogP contribution in [-0.4, -0.2) is 30.8 Å². The third-order valence-corrected chi connectivity index (χ3v) is 5.42. The lowest BCUT2D eigenvalue weighted by Crippen LogP contribution is -2.25. The van der Waals surface area contributed by atoms with Gasteiger partial charge in [-0.25, -0.2) is 0 Å². The number of hydrogen-bond donors (Lipinski definition) is 1. The van der Waals surface area contributed by atoms with Crippen molar-refractivity contribution in [3.63, 3.8) is 0 Å². The Morgan fingerprint density at radius 1 is 1.03 bits per heavy atom. The number of carbonyl (C=O) groups excluding carboxylic acids is 3. The summed E-state index contributed by atoms with van der Waals surface area (Å²) in [6.07, 6.45) is 3.08. The molecule has 0 atom stereocenters. The summed E-state index contributed by atoms with van der Waals surface area (Å²) in [5.41, 5.74) is 1.84. The van der Waals surface area contributed by atoms with Crippen LogP contribution in [0.15, 0.2) is 48.5 Å². The lowest BCUT2D eigenvalue weighted by molar-refractivity contribution is -0.145. The lowest BCUT2D eigenvalue weighted by Gasteiger charge is -2.14. The van der Waals surface area contributed by atoms with Crippen molar-refractivity contribution in [2.45, 2.75) is 38.0 Å². The molecular weight excluding hydrogens is 390 g/mol. The van der Waals surface area contributed by atoms with Gasteiger partial charge in [0.25, 0.3) is 0 Å². The molecule has 0 aromatic heterocycles. The normalized spacial score (nSPS) is 14.1. The molecule has 3 rings (SSSR count). The molecule has 1 fully saturated rings. The summed E-state index contributed by atoms with van der Waals surface area (Å²) in [5.74, 6) is -0.623. The number of benzene rings is 2. The summed E-state index contributed by atoms with van der Waals surface area (Å²) in [6.45, 7) is 1.85. The molecule has 0 unspecified atom stereocenters. The van der Waals surface area contributed by atoms with Crippen LogP contribution in [0.1, 0.15) is 47.7 Å². The van der Waals surface area contributed by atoms with Crippen LogP contribution in [0.3, 0.4) is 0 Å². The van der Waals surface area contributed by atoms with Crippen molar-refractivity contribution in [1.82, 2.24) is 5.32 Å². The van der Waals surface area contributed by atoms with Gasteiger partial charge in [-0.05, 0) is 48.9 Å². The molecule has 1 N–H and O–H groups in total. The highest BCUT2D eigenvalue weighted by Crippen LogP contribution is 2.49. The fraction of sp³-hybridized carbons (Fsp3) is 0.348. The quantitative estimate of drug-likeness (QED) is 0.385. The van der Waals surface area contributed by atoms with E-state index in [-0.39, 0.29) is 24.3 Å². The van der Waals surface area contributed by atoms with E-state index in [1.807, 2.05) is 24.3 Å². The first-order valence-corrected chi connectivity index (χ1v) is 10.1. The Labute approximate surface area is 175 Å². The van der Waals surface area contributed by atoms with Crippen molar-refractivity contribution in [2.24, 2.45) is 0 Å². The van der Waals surface area contributed by atoms with E-state index in [0.29, 0.717) is 17.1 Å². The minimum Gasteiger partial charge on any atom is -0.457 e. The van der Waals surface area contributed by atoms with E-state index in [0.717, 1.165) is 36.8 Å². The fourth-order valence-electron chi connectivity index (χ4n) is 3.27. The number of Topliss-reactive ketones (excluding diaryl/α,β-unsaturated/α-hetero) is 1. The SMILES string of the molecule is CC(=O)NCCCc1ccc(C(=O)COC(=O)C2(c3ccc(Cl)cc3)CC2)cc1. The molecule has 1 saturated carbocycles. The van der Waals surface area contributed by atoms with E-state index in [2.05, 4.69) is 5.32 Å². The van der Waals surface area contributed by atoms with Crippen LogP contribution >= 0.6 is 11.6 Å². The van der Waals surface area contributed by atoms with Gasteiger partial charge in [0.05, 0.1) is 5.41 Å². The second-order valence-electron chi connectivity index (χ2n) is 7.37. The summed E-state index contributed by atoms with van der Waals surface area (Å²) >= 11 is 5.91. The molecule has 29 heavy (non-hydrogen) atoms. The van der Waals surface area contributed by atoms with E-state index in [1.54, 1.807) is 24.3 Å². The maximum absolute atomic E-state index is 12.6. The number of nitrogens with one attached hydrogen (secondary N) is 1. The van der Waals surface area contributed by atoms with Crippen molar-refractivity contribution >= 4 is 29.3 Å². The third-order valence-electron chi connectivity index (χ3n) is 5.16. The maximum atomic E-state index is 12.6. The van der Waals surface area contributed by atoms with Crippen LogP contribution in [0.5, 0.6) is 0 Å². The number of aryl methyl sites for hydroxylation is 1. The van der Waals surface area contributed by atoms with Crippen molar-refractivity contribution in [1.29, 1.82) is 0 Å². The molecule has 0 radical (unpaired) electrons. The van der Waals surface area contributed by atoms with Crippen LogP contribution in [-0.2, 0) is 26.2 Å². The predicted molar refractivity (Wildman–Crippen MR) is 111 cm³/mol. The van der Waals surface area contributed by atoms with Crippen molar-refractivity contribution in [2.75, 3.05) is 13.2 Å². The molecule has 0 bridgehead atoms. The number of hydrogen-bond acceptors (Lipinski definition) is 4. The molecule has 6 heteroatoms. The van der Waals surface area contributed by atoms with Crippen molar-refractivity contribution in [3.05, 3.63) is 70.2 Å². The fourth-order valence-corrected chi connectivity index (χ4v) is 3.40. The Hall–Kier alpha value is -2.66. The molecular formula is C23H24ClNO4. The van der Waals surface area contributed by atoms with E-state index in [4.69, 9.17) is 16.3 Å². The number of amides is 1.